The molecule has 0 fully saturated rings. The second-order valence-corrected chi connectivity index (χ2v) is 7.25. The lowest BCUT2D eigenvalue weighted by Crippen LogP contribution is -2.19. The lowest BCUT2D eigenvalue weighted by atomic mass is 10.00. The van der Waals surface area contributed by atoms with Crippen LogP contribution in [0.4, 0.5) is 14.7 Å². The van der Waals surface area contributed by atoms with Crippen LogP contribution in [0.25, 0.3) is 0 Å². The lowest BCUT2D eigenvalue weighted by molar-refractivity contribution is -0.117. The maximum atomic E-state index is 13.6. The Balaban J connectivity index is 2.08. The first kappa shape index (κ1) is 16.3. The van der Waals surface area contributed by atoms with E-state index in [0.29, 0.717) is 0 Å². The molecule has 1 aromatic carbocycles. The number of nitrogens with zero attached hydrogens (tertiary/aromatic N) is 2. The van der Waals surface area contributed by atoms with E-state index in [4.69, 9.17) is 0 Å². The number of sulfonamides is 1. The van der Waals surface area contributed by atoms with Crippen molar-refractivity contribution in [1.82, 2.24) is 10.2 Å². The van der Waals surface area contributed by atoms with E-state index in [9.17, 15) is 17.6 Å². The van der Waals surface area contributed by atoms with Gasteiger partial charge in [0.05, 0.1) is 12.2 Å². The number of carbonyl (C=O) groups is 1. The van der Waals surface area contributed by atoms with E-state index in [-0.39, 0.29) is 15.8 Å². The maximum absolute atomic E-state index is 13.6. The number of anilines is 2. The van der Waals surface area contributed by atoms with Gasteiger partial charge in [-0.3, -0.25) is 14.8 Å². The molecule has 0 saturated carbocycles. The molecule has 0 aliphatic rings. The number of benzene rings is 1. The van der Waals surface area contributed by atoms with Crippen LogP contribution in [0.1, 0.15) is 18.4 Å². The zero-order chi connectivity index (χ0) is 16.3. The molecule has 2 rings (SSSR count). The molecule has 1 amide bonds. The first-order valence-electron chi connectivity index (χ1n) is 6.13. The van der Waals surface area contributed by atoms with E-state index in [1.807, 2.05) is 0 Å². The number of hydrogen-bond donors (Lipinski definition) is 2. The van der Waals surface area contributed by atoms with Gasteiger partial charge in [0.25, 0.3) is 0 Å². The van der Waals surface area contributed by atoms with Crippen molar-refractivity contribution in [3.05, 3.63) is 35.6 Å². The molecule has 2 N–H and O–H groups in total. The average molecular weight is 344 g/mol. The van der Waals surface area contributed by atoms with Crippen molar-refractivity contribution in [1.29, 1.82) is 0 Å². The molecule has 2 aromatic rings. The van der Waals surface area contributed by atoms with Gasteiger partial charge in [-0.2, -0.15) is 0 Å². The van der Waals surface area contributed by atoms with Crippen LogP contribution >= 0.6 is 11.3 Å². The smallest absolute Gasteiger partial charge is 0.233 e. The Morgan fingerprint density at radius 2 is 1.91 bits per heavy atom. The molecular formula is C12H13FN4O3S2. The second kappa shape index (κ2) is 6.36. The Morgan fingerprint density at radius 1 is 1.27 bits per heavy atom. The van der Waals surface area contributed by atoms with Gasteiger partial charge in [0, 0.05) is 0 Å². The molecule has 7 nitrogen and oxygen atoms in total. The van der Waals surface area contributed by atoms with Gasteiger partial charge in [0.2, 0.25) is 26.2 Å². The minimum absolute atomic E-state index is 0.0383. The summed E-state index contributed by atoms with van der Waals surface area (Å²) in [6, 6.07) is 5.98. The first-order chi connectivity index (χ1) is 10.3. The fourth-order valence-corrected chi connectivity index (χ4v) is 3.13. The quantitative estimate of drug-likeness (QED) is 0.861. The van der Waals surface area contributed by atoms with E-state index >= 15 is 0 Å². The molecule has 0 bridgehead atoms. The zero-order valence-corrected chi connectivity index (χ0v) is 13.3. The first-order valence-corrected chi connectivity index (χ1v) is 8.83. The lowest BCUT2D eigenvalue weighted by Gasteiger charge is -2.11. The Kier molecular flexibility index (Phi) is 4.71. The number of carbonyl (C=O) groups excluding carboxylic acids is 1. The topological polar surface area (TPSA) is 101 Å². The standard InChI is InChI=1S/C12H13FN4O3S2/c1-7(8-5-3-4-6-9(8)13)10(18)14-11-15-16-12(21-11)17-22(2,19)20/h3-7H,1-2H3,(H,16,17)(H,14,15,18). The molecule has 22 heavy (non-hydrogen) atoms. The molecule has 0 saturated heterocycles. The summed E-state index contributed by atoms with van der Waals surface area (Å²) in [6.45, 7) is 1.56. The summed E-state index contributed by atoms with van der Waals surface area (Å²) in [6.07, 6.45) is 0.979. The van der Waals surface area contributed by atoms with Crippen LogP contribution in [0.2, 0.25) is 0 Å². The third-order valence-corrected chi connectivity index (χ3v) is 4.14. The molecule has 118 valence electrons. The summed E-state index contributed by atoms with van der Waals surface area (Å²) >= 11 is 0.867. The Morgan fingerprint density at radius 3 is 2.55 bits per heavy atom. The van der Waals surface area contributed by atoms with Gasteiger partial charge in [-0.1, -0.05) is 29.5 Å². The van der Waals surface area contributed by atoms with E-state index < -0.39 is 27.7 Å². The highest BCUT2D eigenvalue weighted by Gasteiger charge is 2.20. The summed E-state index contributed by atoms with van der Waals surface area (Å²) in [4.78, 5) is 12.1. The van der Waals surface area contributed by atoms with Crippen molar-refractivity contribution in [2.45, 2.75) is 12.8 Å². The fraction of sp³-hybridized carbons (Fsp3) is 0.250. The Labute approximate surface area is 130 Å². The molecule has 10 heteroatoms. The minimum atomic E-state index is -3.46. The van der Waals surface area contributed by atoms with Gasteiger partial charge in [0.15, 0.2) is 0 Å². The molecule has 1 aromatic heterocycles. The van der Waals surface area contributed by atoms with Crippen LogP contribution < -0.4 is 10.0 Å². The van der Waals surface area contributed by atoms with Crippen molar-refractivity contribution < 1.29 is 17.6 Å². The van der Waals surface area contributed by atoms with Gasteiger partial charge < -0.3 is 0 Å². The van der Waals surface area contributed by atoms with Crippen LogP contribution in [0, 0.1) is 5.82 Å². The zero-order valence-electron chi connectivity index (χ0n) is 11.7. The predicted molar refractivity (Wildman–Crippen MR) is 81.8 cm³/mol. The highest BCUT2D eigenvalue weighted by molar-refractivity contribution is 7.92. The van der Waals surface area contributed by atoms with Crippen LogP contribution in [-0.4, -0.2) is 30.8 Å². The van der Waals surface area contributed by atoms with Gasteiger partial charge in [-0.25, -0.2) is 12.8 Å². The van der Waals surface area contributed by atoms with E-state index in [1.54, 1.807) is 13.0 Å². The van der Waals surface area contributed by atoms with Crippen molar-refractivity contribution in [2.75, 3.05) is 16.3 Å². The van der Waals surface area contributed by atoms with Crippen LogP contribution in [0.15, 0.2) is 24.3 Å². The third kappa shape index (κ3) is 4.21. The van der Waals surface area contributed by atoms with Gasteiger partial charge in [0.1, 0.15) is 5.82 Å². The molecular weight excluding hydrogens is 331 g/mol. The largest absolute Gasteiger partial charge is 0.300 e. The molecule has 1 heterocycles. The molecule has 0 aliphatic heterocycles. The fourth-order valence-electron chi connectivity index (χ4n) is 1.65. The summed E-state index contributed by atoms with van der Waals surface area (Å²) < 4.78 is 37.9. The van der Waals surface area contributed by atoms with Gasteiger partial charge in [-0.05, 0) is 18.6 Å². The van der Waals surface area contributed by atoms with Crippen molar-refractivity contribution in [3.8, 4) is 0 Å². The number of hydrogen-bond acceptors (Lipinski definition) is 6. The molecule has 0 spiro atoms. The minimum Gasteiger partial charge on any atom is -0.300 e. The number of halogens is 1. The average Bonchev–Trinajstić information content (AvgIpc) is 2.83. The highest BCUT2D eigenvalue weighted by atomic mass is 32.2. The normalized spacial score (nSPS) is 12.7. The molecule has 1 atom stereocenters. The number of rotatable bonds is 5. The summed E-state index contributed by atoms with van der Waals surface area (Å²) in [5.41, 5.74) is 0.263. The Bertz CT molecular complexity index is 791. The van der Waals surface area contributed by atoms with E-state index in [0.717, 1.165) is 17.6 Å². The maximum Gasteiger partial charge on any atom is 0.233 e. The summed E-state index contributed by atoms with van der Waals surface area (Å²) in [7, 11) is -3.46. The monoisotopic (exact) mass is 344 g/mol. The van der Waals surface area contributed by atoms with Gasteiger partial charge in [-0.15, -0.1) is 10.2 Å². The SMILES string of the molecule is CC(C(=O)Nc1nnc(NS(C)(=O)=O)s1)c1ccccc1F. The highest BCUT2D eigenvalue weighted by Crippen LogP contribution is 2.24. The van der Waals surface area contributed by atoms with Crippen molar-refractivity contribution >= 4 is 37.5 Å². The summed E-state index contributed by atoms with van der Waals surface area (Å²) in [5, 5.41) is 9.89. The number of aromatic nitrogens is 2. The van der Waals surface area contributed by atoms with E-state index in [1.165, 1.54) is 18.2 Å². The summed E-state index contributed by atoms with van der Waals surface area (Å²) in [5.74, 6) is -1.66. The third-order valence-electron chi connectivity index (χ3n) is 2.69. The molecule has 0 radical (unpaired) electrons. The van der Waals surface area contributed by atoms with Crippen molar-refractivity contribution in [2.24, 2.45) is 0 Å². The van der Waals surface area contributed by atoms with Crippen molar-refractivity contribution in [3.63, 3.8) is 0 Å². The second-order valence-electron chi connectivity index (χ2n) is 4.52. The Hall–Kier alpha value is -2.07. The van der Waals surface area contributed by atoms with Gasteiger partial charge >= 0.3 is 0 Å². The predicted octanol–water partition coefficient (Wildman–Crippen LogP) is 1.79. The molecule has 0 aliphatic carbocycles. The number of nitrogens with one attached hydrogen (secondary N) is 2. The van der Waals surface area contributed by atoms with Crippen LogP contribution in [0.3, 0.4) is 0 Å². The van der Waals surface area contributed by atoms with Crippen LogP contribution in [-0.2, 0) is 14.8 Å². The molecule has 1 unspecified atom stereocenters. The van der Waals surface area contributed by atoms with E-state index in [2.05, 4.69) is 20.2 Å². The van der Waals surface area contributed by atoms with Crippen LogP contribution in [0.5, 0.6) is 0 Å². The number of amides is 1.